The fraction of sp³-hybridized carbons (Fsp3) is 0.500. The van der Waals surface area contributed by atoms with Gasteiger partial charge in [0, 0.05) is 18.0 Å². The van der Waals surface area contributed by atoms with Crippen molar-refractivity contribution in [2.24, 2.45) is 0 Å². The third-order valence-electron chi connectivity index (χ3n) is 3.08. The standard InChI is InChI=1S/C14H19FN2O3S/c1-3-16(4-2)14(18)10-21-13(9-17(19)20)11-5-7-12(15)8-6-11/h5-8,13H,3-4,9-10H2,1-2H3. The molecule has 1 aromatic rings. The van der Waals surface area contributed by atoms with Crippen molar-refractivity contribution >= 4 is 17.7 Å². The van der Waals surface area contributed by atoms with E-state index < -0.39 is 10.2 Å². The average Bonchev–Trinajstić information content (AvgIpc) is 2.45. The van der Waals surface area contributed by atoms with Crippen LogP contribution in [0.1, 0.15) is 24.7 Å². The van der Waals surface area contributed by atoms with Crippen LogP contribution in [0.4, 0.5) is 4.39 Å². The first kappa shape index (κ1) is 17.4. The number of halogens is 1. The zero-order valence-electron chi connectivity index (χ0n) is 12.1. The minimum absolute atomic E-state index is 0.0412. The minimum atomic E-state index is -0.458. The van der Waals surface area contributed by atoms with Crippen molar-refractivity contribution in [3.8, 4) is 0 Å². The van der Waals surface area contributed by atoms with Gasteiger partial charge >= 0.3 is 0 Å². The summed E-state index contributed by atoms with van der Waals surface area (Å²) in [5, 5.41) is 10.3. The van der Waals surface area contributed by atoms with E-state index in [1.54, 1.807) is 4.90 Å². The van der Waals surface area contributed by atoms with Crippen molar-refractivity contribution < 1.29 is 14.1 Å². The molecular formula is C14H19FN2O3S. The molecule has 0 aromatic heterocycles. The lowest BCUT2D eigenvalue weighted by atomic mass is 10.1. The van der Waals surface area contributed by atoms with Crippen molar-refractivity contribution in [3.63, 3.8) is 0 Å². The Balaban J connectivity index is 2.73. The van der Waals surface area contributed by atoms with E-state index in [1.165, 1.54) is 36.0 Å². The summed E-state index contributed by atoms with van der Waals surface area (Å²) in [6, 6.07) is 5.60. The molecule has 0 radical (unpaired) electrons. The summed E-state index contributed by atoms with van der Waals surface area (Å²) < 4.78 is 12.9. The molecule has 116 valence electrons. The smallest absolute Gasteiger partial charge is 0.232 e. The van der Waals surface area contributed by atoms with E-state index >= 15 is 0 Å². The summed E-state index contributed by atoms with van der Waals surface area (Å²) >= 11 is 1.22. The molecule has 0 bridgehead atoms. The molecule has 7 heteroatoms. The minimum Gasteiger partial charge on any atom is -0.343 e. The van der Waals surface area contributed by atoms with Crippen LogP contribution in [0, 0.1) is 15.9 Å². The number of rotatable bonds is 8. The number of nitrogens with zero attached hydrogens (tertiary/aromatic N) is 2. The summed E-state index contributed by atoms with van der Waals surface area (Å²) in [7, 11) is 0. The van der Waals surface area contributed by atoms with Crippen LogP contribution in [0.5, 0.6) is 0 Å². The highest BCUT2D eigenvalue weighted by atomic mass is 32.2. The van der Waals surface area contributed by atoms with E-state index in [-0.39, 0.29) is 24.0 Å². The highest BCUT2D eigenvalue weighted by molar-refractivity contribution is 8.00. The van der Waals surface area contributed by atoms with Gasteiger partial charge in [-0.2, -0.15) is 0 Å². The molecular weight excluding hydrogens is 295 g/mol. The predicted octanol–water partition coefficient (Wildman–Crippen LogP) is 2.75. The zero-order chi connectivity index (χ0) is 15.8. The highest BCUT2D eigenvalue weighted by Gasteiger charge is 2.21. The quantitative estimate of drug-likeness (QED) is 0.547. The Bertz CT molecular complexity index is 478. The molecule has 0 spiro atoms. The van der Waals surface area contributed by atoms with Gasteiger partial charge in [-0.25, -0.2) is 4.39 Å². The average molecular weight is 314 g/mol. The molecule has 0 aliphatic heterocycles. The zero-order valence-corrected chi connectivity index (χ0v) is 12.9. The van der Waals surface area contributed by atoms with Crippen molar-refractivity contribution in [1.29, 1.82) is 0 Å². The first-order valence-corrected chi connectivity index (χ1v) is 7.79. The Morgan fingerprint density at radius 2 is 1.90 bits per heavy atom. The first-order chi connectivity index (χ1) is 9.97. The van der Waals surface area contributed by atoms with Crippen LogP contribution in [0.2, 0.25) is 0 Å². The van der Waals surface area contributed by atoms with Crippen LogP contribution in [-0.4, -0.2) is 41.1 Å². The van der Waals surface area contributed by atoms with E-state index in [2.05, 4.69) is 0 Å². The van der Waals surface area contributed by atoms with E-state index in [4.69, 9.17) is 0 Å². The summed E-state index contributed by atoms with van der Waals surface area (Å²) in [6.45, 7) is 4.72. The van der Waals surface area contributed by atoms with Gasteiger partial charge in [0.2, 0.25) is 12.5 Å². The Morgan fingerprint density at radius 1 is 1.33 bits per heavy atom. The molecule has 0 heterocycles. The molecule has 5 nitrogen and oxygen atoms in total. The summed E-state index contributed by atoms with van der Waals surface area (Å²) in [4.78, 5) is 24.0. The van der Waals surface area contributed by atoms with Crippen LogP contribution in [-0.2, 0) is 4.79 Å². The van der Waals surface area contributed by atoms with Gasteiger partial charge in [0.1, 0.15) is 5.82 Å². The van der Waals surface area contributed by atoms with Gasteiger partial charge in [0.15, 0.2) is 0 Å². The molecule has 0 aliphatic carbocycles. The lowest BCUT2D eigenvalue weighted by Crippen LogP contribution is -2.32. The molecule has 1 rings (SSSR count). The third-order valence-corrected chi connectivity index (χ3v) is 4.32. The van der Waals surface area contributed by atoms with Crippen molar-refractivity contribution in [2.45, 2.75) is 19.1 Å². The SMILES string of the molecule is CCN(CC)C(=O)CSC(C[N+](=O)[O-])c1ccc(F)cc1. The van der Waals surface area contributed by atoms with Gasteiger partial charge in [0.05, 0.1) is 11.0 Å². The van der Waals surface area contributed by atoms with E-state index in [9.17, 15) is 19.3 Å². The number of thioether (sulfide) groups is 1. The second-order valence-corrected chi connectivity index (χ2v) is 5.62. The lowest BCUT2D eigenvalue weighted by Gasteiger charge is -2.20. The molecule has 0 N–H and O–H groups in total. The van der Waals surface area contributed by atoms with Crippen LogP contribution in [0.3, 0.4) is 0 Å². The number of hydrogen-bond acceptors (Lipinski definition) is 4. The second-order valence-electron chi connectivity index (χ2n) is 4.43. The highest BCUT2D eigenvalue weighted by Crippen LogP contribution is 2.29. The lowest BCUT2D eigenvalue weighted by molar-refractivity contribution is -0.479. The van der Waals surface area contributed by atoms with Gasteiger partial charge in [-0.3, -0.25) is 14.9 Å². The molecule has 1 aromatic carbocycles. The number of carbonyl (C=O) groups is 1. The van der Waals surface area contributed by atoms with E-state index in [0.29, 0.717) is 18.7 Å². The van der Waals surface area contributed by atoms with E-state index in [0.717, 1.165) is 0 Å². The molecule has 0 saturated heterocycles. The van der Waals surface area contributed by atoms with Crippen molar-refractivity contribution in [2.75, 3.05) is 25.4 Å². The van der Waals surface area contributed by atoms with E-state index in [1.807, 2.05) is 13.8 Å². The maximum absolute atomic E-state index is 12.9. The van der Waals surface area contributed by atoms with Crippen LogP contribution < -0.4 is 0 Å². The number of hydrogen-bond donors (Lipinski definition) is 0. The molecule has 21 heavy (non-hydrogen) atoms. The Kier molecular flexibility index (Phi) is 7.14. The van der Waals surface area contributed by atoms with Crippen LogP contribution in [0.25, 0.3) is 0 Å². The Hall–Kier alpha value is -1.63. The number of benzene rings is 1. The number of amides is 1. The van der Waals surface area contributed by atoms with Gasteiger partial charge in [-0.1, -0.05) is 12.1 Å². The fourth-order valence-electron chi connectivity index (χ4n) is 1.91. The number of nitro groups is 1. The molecule has 1 unspecified atom stereocenters. The summed E-state index contributed by atoms with van der Waals surface area (Å²) in [5.74, 6) is -0.249. The van der Waals surface area contributed by atoms with Crippen LogP contribution in [0.15, 0.2) is 24.3 Å². The third kappa shape index (κ3) is 5.71. The molecule has 1 amide bonds. The second kappa shape index (κ2) is 8.61. The van der Waals surface area contributed by atoms with Crippen LogP contribution >= 0.6 is 11.8 Å². The predicted molar refractivity (Wildman–Crippen MR) is 81.4 cm³/mol. The Labute approximate surface area is 127 Å². The van der Waals surface area contributed by atoms with Crippen molar-refractivity contribution in [3.05, 3.63) is 45.8 Å². The largest absolute Gasteiger partial charge is 0.343 e. The fourth-order valence-corrected chi connectivity index (χ4v) is 3.01. The maximum Gasteiger partial charge on any atom is 0.232 e. The Morgan fingerprint density at radius 3 is 2.38 bits per heavy atom. The molecule has 0 fully saturated rings. The normalized spacial score (nSPS) is 12.0. The monoisotopic (exact) mass is 314 g/mol. The topological polar surface area (TPSA) is 63.5 Å². The molecule has 1 atom stereocenters. The van der Waals surface area contributed by atoms with Gasteiger partial charge in [-0.05, 0) is 31.5 Å². The summed E-state index contributed by atoms with van der Waals surface area (Å²) in [5.41, 5.74) is 0.658. The van der Waals surface area contributed by atoms with Crippen molar-refractivity contribution in [1.82, 2.24) is 4.90 Å². The first-order valence-electron chi connectivity index (χ1n) is 6.74. The number of carbonyl (C=O) groups excluding carboxylic acids is 1. The maximum atomic E-state index is 12.9. The summed E-state index contributed by atoms with van der Waals surface area (Å²) in [6.07, 6.45) is 0. The van der Waals surface area contributed by atoms with Gasteiger partial charge < -0.3 is 4.90 Å². The molecule has 0 saturated carbocycles. The molecule has 0 aliphatic rings. The van der Waals surface area contributed by atoms with Gasteiger partial charge in [-0.15, -0.1) is 11.8 Å². The van der Waals surface area contributed by atoms with Gasteiger partial charge in [0.25, 0.3) is 0 Å².